The summed E-state index contributed by atoms with van der Waals surface area (Å²) in [6.07, 6.45) is 5.51. The molecule has 2 heterocycles. The second-order valence-corrected chi connectivity index (χ2v) is 7.03. The van der Waals surface area contributed by atoms with Gasteiger partial charge in [0.1, 0.15) is 5.82 Å². The highest BCUT2D eigenvalue weighted by molar-refractivity contribution is 5.92. The highest BCUT2D eigenvalue weighted by Crippen LogP contribution is 2.17. The largest absolute Gasteiger partial charge is 0.357 e. The molecule has 0 spiro atoms. The molecule has 0 aliphatic carbocycles. The number of hydrogen-bond donors (Lipinski definition) is 3. The van der Waals surface area contributed by atoms with Crippen molar-refractivity contribution in [2.75, 3.05) is 29.9 Å². The highest BCUT2D eigenvalue weighted by Gasteiger charge is 2.12. The van der Waals surface area contributed by atoms with Crippen LogP contribution in [0.3, 0.4) is 0 Å². The van der Waals surface area contributed by atoms with Crippen LogP contribution in [0.5, 0.6) is 0 Å². The second kappa shape index (κ2) is 9.73. The van der Waals surface area contributed by atoms with Crippen LogP contribution in [0, 0.1) is 6.92 Å². The molecule has 1 saturated heterocycles. The predicted octanol–water partition coefficient (Wildman–Crippen LogP) is 2.82. The number of benzene rings is 1. The van der Waals surface area contributed by atoms with E-state index in [1.54, 1.807) is 12.3 Å². The van der Waals surface area contributed by atoms with E-state index in [-0.39, 0.29) is 12.5 Å². The van der Waals surface area contributed by atoms with Gasteiger partial charge in [-0.3, -0.25) is 4.79 Å². The summed E-state index contributed by atoms with van der Waals surface area (Å²) in [5.41, 5.74) is 2.67. The second-order valence-electron chi connectivity index (χ2n) is 7.03. The highest BCUT2D eigenvalue weighted by atomic mass is 16.2. The summed E-state index contributed by atoms with van der Waals surface area (Å²) in [5, 5.41) is 8.05. The Hall–Kier alpha value is -3.09. The number of carbonyl (C=O) groups excluding carboxylic acids is 2. The minimum Gasteiger partial charge on any atom is -0.357 e. The molecule has 148 valence electrons. The third kappa shape index (κ3) is 5.97. The summed E-state index contributed by atoms with van der Waals surface area (Å²) in [5.74, 6) is 0.740. The van der Waals surface area contributed by atoms with Crippen LogP contribution in [-0.4, -0.2) is 36.6 Å². The van der Waals surface area contributed by atoms with Gasteiger partial charge < -0.3 is 20.9 Å². The molecule has 0 unspecified atom stereocenters. The Kier molecular flexibility index (Phi) is 6.84. The molecule has 1 aliphatic rings. The SMILES string of the molecule is Cc1cccc(NC(=O)NCC(=O)NCc2ccc(N3CCCCC3)nc2)c1. The molecule has 28 heavy (non-hydrogen) atoms. The standard InChI is InChI=1S/C21H27N5O2/c1-16-6-5-7-18(12-16)25-21(28)24-15-20(27)23-14-17-8-9-19(22-13-17)26-10-3-2-4-11-26/h5-9,12-13H,2-4,10-11,14-15H2,1H3,(H,23,27)(H2,24,25,28). The van der Waals surface area contributed by atoms with Crippen molar-refractivity contribution in [3.8, 4) is 0 Å². The number of piperidine rings is 1. The lowest BCUT2D eigenvalue weighted by atomic mass is 10.1. The van der Waals surface area contributed by atoms with Crippen molar-refractivity contribution in [2.24, 2.45) is 0 Å². The Labute approximate surface area is 165 Å². The molecule has 0 bridgehead atoms. The van der Waals surface area contributed by atoms with Crippen LogP contribution < -0.4 is 20.9 Å². The van der Waals surface area contributed by atoms with E-state index in [4.69, 9.17) is 0 Å². The topological polar surface area (TPSA) is 86.4 Å². The minimum atomic E-state index is -0.409. The van der Waals surface area contributed by atoms with E-state index >= 15 is 0 Å². The molecule has 7 nitrogen and oxygen atoms in total. The number of nitrogens with one attached hydrogen (secondary N) is 3. The molecule has 0 atom stereocenters. The molecule has 3 rings (SSSR count). The first kappa shape index (κ1) is 19.7. The van der Waals surface area contributed by atoms with E-state index in [2.05, 4.69) is 25.8 Å². The van der Waals surface area contributed by atoms with Crippen molar-refractivity contribution in [2.45, 2.75) is 32.7 Å². The van der Waals surface area contributed by atoms with Crippen molar-refractivity contribution in [1.29, 1.82) is 0 Å². The number of rotatable bonds is 6. The monoisotopic (exact) mass is 381 g/mol. The Morgan fingerprint density at radius 1 is 1.07 bits per heavy atom. The van der Waals surface area contributed by atoms with Gasteiger partial charge >= 0.3 is 6.03 Å². The zero-order valence-electron chi connectivity index (χ0n) is 16.2. The van der Waals surface area contributed by atoms with Crippen molar-refractivity contribution >= 4 is 23.4 Å². The van der Waals surface area contributed by atoms with Gasteiger partial charge in [0.05, 0.1) is 6.54 Å². The molecule has 0 saturated carbocycles. The molecule has 2 aromatic rings. The van der Waals surface area contributed by atoms with E-state index in [0.29, 0.717) is 12.2 Å². The van der Waals surface area contributed by atoms with Crippen LogP contribution in [0.1, 0.15) is 30.4 Å². The van der Waals surface area contributed by atoms with Crippen LogP contribution in [0.25, 0.3) is 0 Å². The van der Waals surface area contributed by atoms with Crippen molar-refractivity contribution in [1.82, 2.24) is 15.6 Å². The van der Waals surface area contributed by atoms with Gasteiger partial charge in [-0.15, -0.1) is 0 Å². The Bertz CT molecular complexity index is 801. The van der Waals surface area contributed by atoms with E-state index in [9.17, 15) is 9.59 Å². The van der Waals surface area contributed by atoms with E-state index < -0.39 is 6.03 Å². The summed E-state index contributed by atoms with van der Waals surface area (Å²) in [7, 11) is 0. The van der Waals surface area contributed by atoms with Crippen LogP contribution in [0.2, 0.25) is 0 Å². The lowest BCUT2D eigenvalue weighted by molar-refractivity contribution is -0.120. The van der Waals surface area contributed by atoms with Crippen LogP contribution in [0.4, 0.5) is 16.3 Å². The maximum Gasteiger partial charge on any atom is 0.319 e. The summed E-state index contributed by atoms with van der Waals surface area (Å²) < 4.78 is 0. The Morgan fingerprint density at radius 3 is 2.61 bits per heavy atom. The minimum absolute atomic E-state index is 0.0864. The van der Waals surface area contributed by atoms with Crippen molar-refractivity contribution in [3.63, 3.8) is 0 Å². The smallest absolute Gasteiger partial charge is 0.319 e. The van der Waals surface area contributed by atoms with Gasteiger partial charge in [-0.05, 0) is 55.5 Å². The molecule has 1 aromatic heterocycles. The molecular weight excluding hydrogens is 354 g/mol. The number of aryl methyl sites for hydroxylation is 1. The molecule has 1 aliphatic heterocycles. The maximum absolute atomic E-state index is 12.0. The summed E-state index contributed by atoms with van der Waals surface area (Å²) in [6, 6.07) is 11.0. The first-order valence-electron chi connectivity index (χ1n) is 9.68. The first-order valence-corrected chi connectivity index (χ1v) is 9.68. The summed E-state index contributed by atoms with van der Waals surface area (Å²) in [4.78, 5) is 30.6. The predicted molar refractivity (Wildman–Crippen MR) is 110 cm³/mol. The molecule has 0 radical (unpaired) electrons. The fourth-order valence-corrected chi connectivity index (χ4v) is 3.15. The van der Waals surface area contributed by atoms with Gasteiger partial charge in [-0.1, -0.05) is 18.2 Å². The molecule has 3 N–H and O–H groups in total. The fourth-order valence-electron chi connectivity index (χ4n) is 3.15. The molecule has 3 amide bonds. The number of pyridine rings is 1. The van der Waals surface area contributed by atoms with Gasteiger partial charge in [-0.25, -0.2) is 9.78 Å². The average Bonchev–Trinajstić information content (AvgIpc) is 2.72. The fraction of sp³-hybridized carbons (Fsp3) is 0.381. The summed E-state index contributed by atoms with van der Waals surface area (Å²) >= 11 is 0. The first-order chi connectivity index (χ1) is 13.6. The van der Waals surface area contributed by atoms with E-state index in [1.807, 2.05) is 37.3 Å². The van der Waals surface area contributed by atoms with Gasteiger partial charge in [0.15, 0.2) is 0 Å². The molecular formula is C21H27N5O2. The number of urea groups is 1. The van der Waals surface area contributed by atoms with Gasteiger partial charge in [0.25, 0.3) is 0 Å². The maximum atomic E-state index is 12.0. The van der Waals surface area contributed by atoms with Crippen LogP contribution >= 0.6 is 0 Å². The van der Waals surface area contributed by atoms with Gasteiger partial charge in [0, 0.05) is 31.5 Å². The number of aromatic nitrogens is 1. The number of anilines is 2. The van der Waals surface area contributed by atoms with E-state index in [1.165, 1.54) is 19.3 Å². The zero-order chi connectivity index (χ0) is 19.8. The lowest BCUT2D eigenvalue weighted by Gasteiger charge is -2.27. The van der Waals surface area contributed by atoms with Crippen molar-refractivity contribution in [3.05, 3.63) is 53.7 Å². The van der Waals surface area contributed by atoms with Crippen LogP contribution in [0.15, 0.2) is 42.6 Å². The third-order valence-corrected chi connectivity index (χ3v) is 4.66. The molecule has 1 aromatic carbocycles. The zero-order valence-corrected chi connectivity index (χ0v) is 16.2. The third-order valence-electron chi connectivity index (χ3n) is 4.66. The summed E-state index contributed by atoms with van der Waals surface area (Å²) in [6.45, 7) is 4.35. The average molecular weight is 381 g/mol. The number of hydrogen-bond acceptors (Lipinski definition) is 4. The normalized spacial score (nSPS) is 13.7. The van der Waals surface area contributed by atoms with Crippen molar-refractivity contribution < 1.29 is 9.59 Å². The van der Waals surface area contributed by atoms with Crippen LogP contribution in [-0.2, 0) is 11.3 Å². The molecule has 1 fully saturated rings. The van der Waals surface area contributed by atoms with Gasteiger partial charge in [0.2, 0.25) is 5.91 Å². The van der Waals surface area contributed by atoms with Gasteiger partial charge in [-0.2, -0.15) is 0 Å². The van der Waals surface area contributed by atoms with E-state index in [0.717, 1.165) is 30.0 Å². The number of carbonyl (C=O) groups is 2. The quantitative estimate of drug-likeness (QED) is 0.718. The Balaban J connectivity index is 1.38. The Morgan fingerprint density at radius 2 is 1.89 bits per heavy atom. The number of amides is 3. The number of nitrogens with zero attached hydrogens (tertiary/aromatic N) is 2. The lowest BCUT2D eigenvalue weighted by Crippen LogP contribution is -2.38. The molecule has 7 heteroatoms.